The van der Waals surface area contributed by atoms with Crippen LogP contribution in [-0.4, -0.2) is 21.6 Å². The molecule has 0 N–H and O–H groups in total. The average molecular weight is 357 g/mol. The summed E-state index contributed by atoms with van der Waals surface area (Å²) in [7, 11) is 3.04. The van der Waals surface area contributed by atoms with Crippen LogP contribution in [0, 0.1) is 15.9 Å². The normalized spacial score (nSPS) is 10.9. The SMILES string of the molecule is COc1ccc(CCc2nc3cc([N+](=O)[O-])ccc3c(=O)n2C)c(F)c1. The van der Waals surface area contributed by atoms with Gasteiger partial charge in [0.2, 0.25) is 0 Å². The Morgan fingerprint density at radius 2 is 2.00 bits per heavy atom. The smallest absolute Gasteiger partial charge is 0.271 e. The summed E-state index contributed by atoms with van der Waals surface area (Å²) in [4.78, 5) is 27.2. The molecule has 0 atom stereocenters. The zero-order chi connectivity index (χ0) is 18.8. The number of nitro benzene ring substituents is 1. The summed E-state index contributed by atoms with van der Waals surface area (Å²) in [5.74, 6) is 0.457. The molecule has 0 aliphatic heterocycles. The number of hydrogen-bond acceptors (Lipinski definition) is 5. The van der Waals surface area contributed by atoms with Gasteiger partial charge in [-0.25, -0.2) is 9.37 Å². The van der Waals surface area contributed by atoms with Gasteiger partial charge in [0.25, 0.3) is 11.2 Å². The number of halogens is 1. The van der Waals surface area contributed by atoms with Crippen molar-refractivity contribution < 1.29 is 14.1 Å². The van der Waals surface area contributed by atoms with E-state index in [0.717, 1.165) is 0 Å². The molecule has 2 aromatic carbocycles. The van der Waals surface area contributed by atoms with E-state index in [-0.39, 0.29) is 16.8 Å². The minimum atomic E-state index is -0.537. The molecule has 0 amide bonds. The molecule has 1 heterocycles. The van der Waals surface area contributed by atoms with E-state index in [1.165, 1.54) is 35.9 Å². The second-order valence-electron chi connectivity index (χ2n) is 5.81. The lowest BCUT2D eigenvalue weighted by atomic mass is 10.1. The van der Waals surface area contributed by atoms with Gasteiger partial charge >= 0.3 is 0 Å². The zero-order valence-corrected chi connectivity index (χ0v) is 14.2. The molecule has 0 aliphatic carbocycles. The maximum absolute atomic E-state index is 14.1. The third-order valence-corrected chi connectivity index (χ3v) is 4.24. The highest BCUT2D eigenvalue weighted by molar-refractivity contribution is 5.80. The number of benzene rings is 2. The van der Waals surface area contributed by atoms with Gasteiger partial charge in [0.1, 0.15) is 17.4 Å². The van der Waals surface area contributed by atoms with Gasteiger partial charge in [-0.2, -0.15) is 0 Å². The summed E-state index contributed by atoms with van der Waals surface area (Å²) in [6, 6.07) is 8.53. The van der Waals surface area contributed by atoms with Gasteiger partial charge in [-0.15, -0.1) is 0 Å². The summed E-state index contributed by atoms with van der Waals surface area (Å²) >= 11 is 0. The number of fused-ring (bicyclic) bond motifs is 1. The fraction of sp³-hybridized carbons (Fsp3) is 0.222. The monoisotopic (exact) mass is 357 g/mol. The highest BCUT2D eigenvalue weighted by atomic mass is 19.1. The van der Waals surface area contributed by atoms with Crippen LogP contribution in [0.4, 0.5) is 10.1 Å². The molecule has 0 bridgehead atoms. The molecule has 0 fully saturated rings. The molecular weight excluding hydrogens is 341 g/mol. The molecule has 8 heteroatoms. The standard InChI is InChI=1S/C18H16FN3O4/c1-21-17(8-4-11-3-6-13(26-2)10-15(11)19)20-16-9-12(22(24)25)5-7-14(16)18(21)23/h3,5-7,9-10H,4,8H2,1-2H3. The Morgan fingerprint density at radius 1 is 1.23 bits per heavy atom. The Labute approximate surface area is 147 Å². The van der Waals surface area contributed by atoms with Crippen LogP contribution in [0.3, 0.4) is 0 Å². The highest BCUT2D eigenvalue weighted by Gasteiger charge is 2.13. The Bertz CT molecular complexity index is 1060. The Hall–Kier alpha value is -3.29. The molecule has 26 heavy (non-hydrogen) atoms. The maximum atomic E-state index is 14.1. The first-order chi connectivity index (χ1) is 12.4. The molecule has 0 saturated carbocycles. The third kappa shape index (κ3) is 3.26. The fourth-order valence-corrected chi connectivity index (χ4v) is 2.75. The molecule has 1 aromatic heterocycles. The zero-order valence-electron chi connectivity index (χ0n) is 14.2. The van der Waals surface area contributed by atoms with Crippen LogP contribution in [0.15, 0.2) is 41.2 Å². The lowest BCUT2D eigenvalue weighted by Gasteiger charge is -2.10. The van der Waals surface area contributed by atoms with Crippen LogP contribution in [0.5, 0.6) is 5.75 Å². The van der Waals surface area contributed by atoms with E-state index >= 15 is 0 Å². The van der Waals surface area contributed by atoms with Crippen LogP contribution in [0.2, 0.25) is 0 Å². The van der Waals surface area contributed by atoms with Crippen molar-refractivity contribution in [3.8, 4) is 5.75 Å². The van der Waals surface area contributed by atoms with Crippen molar-refractivity contribution in [3.05, 3.63) is 74.1 Å². The van der Waals surface area contributed by atoms with Gasteiger partial charge in [-0.1, -0.05) is 6.07 Å². The van der Waals surface area contributed by atoms with Gasteiger partial charge < -0.3 is 4.74 Å². The predicted molar refractivity (Wildman–Crippen MR) is 94.0 cm³/mol. The van der Waals surface area contributed by atoms with Gasteiger partial charge in [-0.3, -0.25) is 19.5 Å². The molecule has 3 rings (SSSR count). The molecule has 134 valence electrons. The summed E-state index contributed by atoms with van der Waals surface area (Å²) < 4.78 is 20.4. The van der Waals surface area contributed by atoms with Crippen LogP contribution in [-0.2, 0) is 19.9 Å². The van der Waals surface area contributed by atoms with Crippen LogP contribution >= 0.6 is 0 Å². The first-order valence-corrected chi connectivity index (χ1v) is 7.87. The topological polar surface area (TPSA) is 87.3 Å². The Balaban J connectivity index is 1.95. The number of rotatable bonds is 5. The number of aryl methyl sites for hydroxylation is 2. The lowest BCUT2D eigenvalue weighted by Crippen LogP contribution is -2.23. The predicted octanol–water partition coefficient (Wildman–Crippen LogP) is 2.77. The minimum Gasteiger partial charge on any atom is -0.497 e. The van der Waals surface area contributed by atoms with Crippen molar-refractivity contribution in [2.24, 2.45) is 7.05 Å². The molecule has 0 unspecified atom stereocenters. The van der Waals surface area contributed by atoms with E-state index in [9.17, 15) is 19.3 Å². The van der Waals surface area contributed by atoms with Crippen LogP contribution < -0.4 is 10.3 Å². The van der Waals surface area contributed by atoms with Crippen molar-refractivity contribution in [1.29, 1.82) is 0 Å². The molecule has 3 aromatic rings. The van der Waals surface area contributed by atoms with E-state index in [2.05, 4.69) is 4.98 Å². The van der Waals surface area contributed by atoms with Gasteiger partial charge in [0, 0.05) is 31.7 Å². The maximum Gasteiger partial charge on any atom is 0.271 e. The number of nitrogens with zero attached hydrogens (tertiary/aromatic N) is 3. The Morgan fingerprint density at radius 3 is 2.65 bits per heavy atom. The van der Waals surface area contributed by atoms with Crippen molar-refractivity contribution in [1.82, 2.24) is 9.55 Å². The quantitative estimate of drug-likeness (QED) is 0.518. The largest absolute Gasteiger partial charge is 0.497 e. The van der Waals surface area contributed by atoms with Crippen LogP contribution in [0.1, 0.15) is 11.4 Å². The molecule has 0 aliphatic rings. The number of methoxy groups -OCH3 is 1. The number of aromatic nitrogens is 2. The van der Waals surface area contributed by atoms with Crippen molar-refractivity contribution in [3.63, 3.8) is 0 Å². The van der Waals surface area contributed by atoms with Gasteiger partial charge in [0.05, 0.1) is 22.9 Å². The van der Waals surface area contributed by atoms with Crippen LogP contribution in [0.25, 0.3) is 10.9 Å². The summed E-state index contributed by atoms with van der Waals surface area (Å²) in [6.07, 6.45) is 0.643. The fourth-order valence-electron chi connectivity index (χ4n) is 2.75. The number of nitro groups is 1. The van der Waals surface area contributed by atoms with E-state index in [0.29, 0.717) is 35.4 Å². The average Bonchev–Trinajstić information content (AvgIpc) is 2.63. The second kappa shape index (κ2) is 6.91. The molecular formula is C18H16FN3O4. The highest BCUT2D eigenvalue weighted by Crippen LogP contribution is 2.19. The second-order valence-corrected chi connectivity index (χ2v) is 5.81. The van der Waals surface area contributed by atoms with Crippen molar-refractivity contribution >= 4 is 16.6 Å². The van der Waals surface area contributed by atoms with Gasteiger partial charge in [-0.05, 0) is 24.1 Å². The van der Waals surface area contributed by atoms with E-state index in [1.807, 2.05) is 0 Å². The minimum absolute atomic E-state index is 0.134. The lowest BCUT2D eigenvalue weighted by molar-refractivity contribution is -0.384. The molecule has 0 spiro atoms. The number of non-ortho nitro benzene ring substituents is 1. The van der Waals surface area contributed by atoms with E-state index in [1.54, 1.807) is 19.2 Å². The van der Waals surface area contributed by atoms with E-state index in [4.69, 9.17) is 4.74 Å². The summed E-state index contributed by atoms with van der Waals surface area (Å²) in [5, 5.41) is 11.2. The van der Waals surface area contributed by atoms with Crippen molar-refractivity contribution in [2.75, 3.05) is 7.11 Å². The van der Waals surface area contributed by atoms with Crippen molar-refractivity contribution in [2.45, 2.75) is 12.8 Å². The third-order valence-electron chi connectivity index (χ3n) is 4.24. The molecule has 0 saturated heterocycles. The van der Waals surface area contributed by atoms with E-state index < -0.39 is 10.7 Å². The molecule has 7 nitrogen and oxygen atoms in total. The Kier molecular flexibility index (Phi) is 4.66. The van der Waals surface area contributed by atoms with Gasteiger partial charge in [0.15, 0.2) is 0 Å². The first kappa shape index (κ1) is 17.5. The first-order valence-electron chi connectivity index (χ1n) is 7.87. The number of ether oxygens (including phenoxy) is 1. The summed E-state index contributed by atoms with van der Waals surface area (Å²) in [5.41, 5.74) is 0.298. The molecule has 0 radical (unpaired) electrons. The number of hydrogen-bond donors (Lipinski definition) is 0. The summed E-state index contributed by atoms with van der Waals surface area (Å²) in [6.45, 7) is 0.